The van der Waals surface area contributed by atoms with Crippen LogP contribution in [0.5, 0.6) is 5.75 Å². The summed E-state index contributed by atoms with van der Waals surface area (Å²) in [7, 11) is 0. The number of amides is 1. The van der Waals surface area contributed by atoms with Crippen molar-refractivity contribution in [2.75, 3.05) is 11.9 Å². The first-order valence-corrected chi connectivity index (χ1v) is 7.07. The van der Waals surface area contributed by atoms with E-state index in [1.165, 1.54) is 0 Å². The van der Waals surface area contributed by atoms with E-state index in [1.54, 1.807) is 24.3 Å². The average molecular weight is 345 g/mol. The molecule has 5 heteroatoms. The Balaban J connectivity index is 2.00. The lowest BCUT2D eigenvalue weighted by atomic mass is 10.2. The van der Waals surface area contributed by atoms with E-state index in [2.05, 4.69) is 21.2 Å². The predicted octanol–water partition coefficient (Wildman–Crippen LogP) is 3.65. The normalized spacial score (nSPS) is 9.76. The molecule has 0 aliphatic rings. The summed E-state index contributed by atoms with van der Waals surface area (Å²) in [6.07, 6.45) is 0. The van der Waals surface area contributed by atoms with Crippen molar-refractivity contribution in [2.45, 2.75) is 6.92 Å². The second-order valence-corrected chi connectivity index (χ2v) is 5.28. The summed E-state index contributed by atoms with van der Waals surface area (Å²) in [5.41, 5.74) is 2.14. The lowest BCUT2D eigenvalue weighted by Crippen LogP contribution is -2.20. The molecule has 0 fully saturated rings. The number of carbonyl (C=O) groups is 1. The number of rotatable bonds is 4. The van der Waals surface area contributed by atoms with Crippen molar-refractivity contribution in [3.63, 3.8) is 0 Å². The Bertz CT molecular complexity index is 708. The molecular weight excluding hydrogens is 332 g/mol. The fourth-order valence-electron chi connectivity index (χ4n) is 1.75. The summed E-state index contributed by atoms with van der Waals surface area (Å²) in [6.45, 7) is 1.79. The SMILES string of the molecule is Cc1ccc(Br)c(NC(=O)COc2ccccc2C#N)c1. The fourth-order valence-corrected chi connectivity index (χ4v) is 2.10. The molecular formula is C16H13BrN2O2. The van der Waals surface area contributed by atoms with Crippen LogP contribution in [0.4, 0.5) is 5.69 Å². The number of benzene rings is 2. The number of nitrogens with one attached hydrogen (secondary N) is 1. The van der Waals surface area contributed by atoms with E-state index >= 15 is 0 Å². The number of nitrogens with zero attached hydrogens (tertiary/aromatic N) is 1. The minimum absolute atomic E-state index is 0.154. The van der Waals surface area contributed by atoms with Gasteiger partial charge in [-0.05, 0) is 52.7 Å². The van der Waals surface area contributed by atoms with E-state index in [0.29, 0.717) is 17.0 Å². The number of nitriles is 1. The van der Waals surface area contributed by atoms with Gasteiger partial charge in [0.15, 0.2) is 6.61 Å². The van der Waals surface area contributed by atoms with Crippen molar-refractivity contribution in [3.8, 4) is 11.8 Å². The smallest absolute Gasteiger partial charge is 0.262 e. The van der Waals surface area contributed by atoms with Crippen LogP contribution in [0.1, 0.15) is 11.1 Å². The Morgan fingerprint density at radius 3 is 2.86 bits per heavy atom. The molecule has 2 aromatic carbocycles. The number of carbonyl (C=O) groups excluding carboxylic acids is 1. The lowest BCUT2D eigenvalue weighted by Gasteiger charge is -2.10. The van der Waals surface area contributed by atoms with Gasteiger partial charge in [0.25, 0.3) is 5.91 Å². The van der Waals surface area contributed by atoms with E-state index in [4.69, 9.17) is 10.00 Å². The van der Waals surface area contributed by atoms with Crippen LogP contribution in [0.3, 0.4) is 0 Å². The van der Waals surface area contributed by atoms with E-state index in [1.807, 2.05) is 31.2 Å². The molecule has 0 aliphatic carbocycles. The zero-order chi connectivity index (χ0) is 15.2. The van der Waals surface area contributed by atoms with Gasteiger partial charge in [0.2, 0.25) is 0 Å². The van der Waals surface area contributed by atoms with Crippen molar-refractivity contribution >= 4 is 27.5 Å². The maximum absolute atomic E-state index is 11.9. The summed E-state index contributed by atoms with van der Waals surface area (Å²) in [5, 5.41) is 11.7. The van der Waals surface area contributed by atoms with Gasteiger partial charge in [-0.2, -0.15) is 5.26 Å². The highest BCUT2D eigenvalue weighted by Gasteiger charge is 2.08. The Morgan fingerprint density at radius 2 is 2.10 bits per heavy atom. The largest absolute Gasteiger partial charge is 0.482 e. The van der Waals surface area contributed by atoms with Crippen LogP contribution in [0.25, 0.3) is 0 Å². The molecule has 0 saturated carbocycles. The highest BCUT2D eigenvalue weighted by molar-refractivity contribution is 9.10. The molecule has 2 rings (SSSR count). The van der Waals surface area contributed by atoms with E-state index < -0.39 is 0 Å². The number of ether oxygens (including phenoxy) is 1. The molecule has 1 amide bonds. The van der Waals surface area contributed by atoms with Gasteiger partial charge in [-0.15, -0.1) is 0 Å². The van der Waals surface area contributed by atoms with Crippen molar-refractivity contribution in [1.29, 1.82) is 5.26 Å². The third-order valence-corrected chi connectivity index (χ3v) is 3.45. The first-order chi connectivity index (χ1) is 10.1. The molecule has 4 nitrogen and oxygen atoms in total. The Kier molecular flexibility index (Phi) is 4.96. The Morgan fingerprint density at radius 1 is 1.33 bits per heavy atom. The summed E-state index contributed by atoms with van der Waals surface area (Å²) < 4.78 is 6.19. The van der Waals surface area contributed by atoms with Crippen LogP contribution in [0.2, 0.25) is 0 Å². The van der Waals surface area contributed by atoms with Crippen LogP contribution in [0.15, 0.2) is 46.9 Å². The first kappa shape index (κ1) is 15.1. The Hall–Kier alpha value is -2.32. The third kappa shape index (κ3) is 4.07. The van der Waals surface area contributed by atoms with Gasteiger partial charge in [0, 0.05) is 4.47 Å². The molecule has 0 aliphatic heterocycles. The average Bonchev–Trinajstić information content (AvgIpc) is 2.49. The summed E-state index contributed by atoms with van der Waals surface area (Å²) in [4.78, 5) is 11.9. The maximum Gasteiger partial charge on any atom is 0.262 e. The van der Waals surface area contributed by atoms with Gasteiger partial charge >= 0.3 is 0 Å². The predicted molar refractivity (Wildman–Crippen MR) is 84.2 cm³/mol. The second kappa shape index (κ2) is 6.91. The van der Waals surface area contributed by atoms with Gasteiger partial charge in [-0.25, -0.2) is 0 Å². The zero-order valence-electron chi connectivity index (χ0n) is 11.4. The molecule has 0 bridgehead atoms. The van der Waals surface area contributed by atoms with E-state index in [-0.39, 0.29) is 12.5 Å². The molecule has 0 heterocycles. The standard InChI is InChI=1S/C16H13BrN2O2/c1-11-6-7-13(17)14(8-11)19-16(20)10-21-15-5-3-2-4-12(15)9-18/h2-8H,10H2,1H3,(H,19,20). The summed E-state index contributed by atoms with van der Waals surface area (Å²) in [5.74, 6) is 0.118. The van der Waals surface area contributed by atoms with Crippen molar-refractivity contribution < 1.29 is 9.53 Å². The topological polar surface area (TPSA) is 62.1 Å². The van der Waals surface area contributed by atoms with E-state index in [9.17, 15) is 4.79 Å². The number of halogens is 1. The number of aryl methyl sites for hydroxylation is 1. The number of hydrogen-bond donors (Lipinski definition) is 1. The van der Waals surface area contributed by atoms with Crippen LogP contribution >= 0.6 is 15.9 Å². The minimum Gasteiger partial charge on any atom is -0.482 e. The highest BCUT2D eigenvalue weighted by atomic mass is 79.9. The van der Waals surface area contributed by atoms with Gasteiger partial charge in [0.1, 0.15) is 11.8 Å². The molecule has 21 heavy (non-hydrogen) atoms. The Labute approximate surface area is 131 Å². The van der Waals surface area contributed by atoms with Crippen LogP contribution in [-0.4, -0.2) is 12.5 Å². The molecule has 1 N–H and O–H groups in total. The third-order valence-electron chi connectivity index (χ3n) is 2.76. The number of anilines is 1. The fraction of sp³-hybridized carbons (Fsp3) is 0.125. The summed E-state index contributed by atoms with van der Waals surface area (Å²) >= 11 is 3.38. The molecule has 106 valence electrons. The molecule has 0 aromatic heterocycles. The van der Waals surface area contributed by atoms with Gasteiger partial charge in [0.05, 0.1) is 11.3 Å². The molecule has 0 atom stereocenters. The van der Waals surface area contributed by atoms with Crippen LogP contribution < -0.4 is 10.1 Å². The highest BCUT2D eigenvalue weighted by Crippen LogP contribution is 2.23. The zero-order valence-corrected chi connectivity index (χ0v) is 13.0. The quantitative estimate of drug-likeness (QED) is 0.920. The summed E-state index contributed by atoms with van der Waals surface area (Å²) in [6, 6.07) is 14.5. The van der Waals surface area contributed by atoms with Crippen molar-refractivity contribution in [2.24, 2.45) is 0 Å². The first-order valence-electron chi connectivity index (χ1n) is 6.28. The monoisotopic (exact) mass is 344 g/mol. The van der Waals surface area contributed by atoms with Crippen LogP contribution in [0, 0.1) is 18.3 Å². The number of para-hydroxylation sites is 1. The van der Waals surface area contributed by atoms with Gasteiger partial charge in [-0.3, -0.25) is 4.79 Å². The minimum atomic E-state index is -0.283. The lowest BCUT2D eigenvalue weighted by molar-refractivity contribution is -0.118. The maximum atomic E-state index is 11.9. The molecule has 0 saturated heterocycles. The molecule has 0 radical (unpaired) electrons. The molecule has 2 aromatic rings. The van der Waals surface area contributed by atoms with Crippen molar-refractivity contribution in [1.82, 2.24) is 0 Å². The van der Waals surface area contributed by atoms with E-state index in [0.717, 1.165) is 10.0 Å². The molecule has 0 spiro atoms. The molecule has 0 unspecified atom stereocenters. The van der Waals surface area contributed by atoms with Gasteiger partial charge in [-0.1, -0.05) is 18.2 Å². The van der Waals surface area contributed by atoms with Crippen LogP contribution in [-0.2, 0) is 4.79 Å². The number of hydrogen-bond acceptors (Lipinski definition) is 3. The van der Waals surface area contributed by atoms with Crippen molar-refractivity contribution in [3.05, 3.63) is 58.1 Å². The van der Waals surface area contributed by atoms with Gasteiger partial charge < -0.3 is 10.1 Å². The second-order valence-electron chi connectivity index (χ2n) is 4.43.